The van der Waals surface area contributed by atoms with Crippen LogP contribution in [0, 0.1) is 0 Å². The van der Waals surface area contributed by atoms with Crippen LogP contribution in [0.3, 0.4) is 0 Å². The monoisotopic (exact) mass is 400 g/mol. The molecular formula is C18H23ClN2O6. The lowest BCUT2D eigenvalue weighted by molar-refractivity contribution is -0.138. The average Bonchev–Trinajstić information content (AvgIpc) is 3.14. The van der Waals surface area contributed by atoms with Crippen molar-refractivity contribution in [2.45, 2.75) is 40.0 Å². The van der Waals surface area contributed by atoms with Gasteiger partial charge in [-0.05, 0) is 11.6 Å². The zero-order chi connectivity index (χ0) is 22.4. The average molecular weight is 401 g/mol. The smallest absolute Gasteiger partial charge is 0.253 e. The van der Waals surface area contributed by atoms with Crippen LogP contribution in [-0.2, 0) is 28.8 Å². The first-order valence-electron chi connectivity index (χ1n) is 9.44. The Bertz CT molecular complexity index is 672. The quantitative estimate of drug-likeness (QED) is 0.471. The Morgan fingerprint density at radius 1 is 0.889 bits per heavy atom. The first-order chi connectivity index (χ1) is 13.7. The van der Waals surface area contributed by atoms with Crippen molar-refractivity contribution in [3.8, 4) is 0 Å². The van der Waals surface area contributed by atoms with E-state index in [1.807, 2.05) is 0 Å². The third kappa shape index (κ3) is 8.54. The second-order valence-corrected chi connectivity index (χ2v) is 5.39. The molecule has 0 aromatic heterocycles. The number of Topliss-reactive ketones (excluding diaryl/α,β-unsaturated/α-hetero) is 1. The van der Waals surface area contributed by atoms with E-state index in [2.05, 4.69) is 0 Å². The zero-order valence-electron chi connectivity index (χ0n) is 17.0. The molecule has 148 valence electrons. The van der Waals surface area contributed by atoms with Gasteiger partial charge in [-0.15, -0.1) is 0 Å². The number of carbonyl (C=O) groups excluding carboxylic acids is 6. The lowest BCUT2D eigenvalue weighted by Gasteiger charge is -2.11. The minimum atomic E-state index is -0.553. The van der Waals surface area contributed by atoms with Crippen LogP contribution in [0.15, 0.2) is 24.3 Å². The second kappa shape index (κ2) is 12.7. The summed E-state index contributed by atoms with van der Waals surface area (Å²) in [5.41, 5.74) is 0. The maximum atomic E-state index is 11.0. The fourth-order valence-electron chi connectivity index (χ4n) is 1.86. The molecule has 0 aromatic rings. The van der Waals surface area contributed by atoms with E-state index < -0.39 is 17.1 Å². The van der Waals surface area contributed by atoms with E-state index in [0.29, 0.717) is 6.90 Å². The second-order valence-electron chi connectivity index (χ2n) is 4.97. The van der Waals surface area contributed by atoms with Crippen LogP contribution in [0.4, 0.5) is 0 Å². The van der Waals surface area contributed by atoms with E-state index >= 15 is 0 Å². The molecule has 2 rings (SSSR count). The molecular weight excluding hydrogens is 376 g/mol. The molecule has 0 bridgehead atoms. The summed E-state index contributed by atoms with van der Waals surface area (Å²) in [5, 5.41) is -0.553. The van der Waals surface area contributed by atoms with Crippen molar-refractivity contribution in [1.82, 2.24) is 9.80 Å². The number of ketones is 1. The van der Waals surface area contributed by atoms with Crippen molar-refractivity contribution < 1.29 is 31.5 Å². The van der Waals surface area contributed by atoms with Crippen molar-refractivity contribution in [1.29, 1.82) is 0 Å². The summed E-state index contributed by atoms with van der Waals surface area (Å²) >= 11 is 5.04. The Morgan fingerprint density at radius 3 is 1.59 bits per heavy atom. The van der Waals surface area contributed by atoms with E-state index in [9.17, 15) is 28.8 Å². The molecule has 0 radical (unpaired) electrons. The molecule has 0 saturated heterocycles. The molecule has 0 N–H and O–H groups in total. The van der Waals surface area contributed by atoms with E-state index in [4.69, 9.17) is 14.3 Å². The highest BCUT2D eigenvalue weighted by molar-refractivity contribution is 6.63. The number of nitrogens with zero attached hydrogens (tertiary/aromatic N) is 2. The number of imide groups is 2. The van der Waals surface area contributed by atoms with Gasteiger partial charge < -0.3 is 0 Å². The molecule has 0 aliphatic carbocycles. The number of amides is 4. The Balaban J connectivity index is 0.000000481. The lowest BCUT2D eigenvalue weighted by atomic mass is 10.2. The first kappa shape index (κ1) is 20.7. The Kier molecular flexibility index (Phi) is 9.73. The largest absolute Gasteiger partial charge is 0.300 e. The van der Waals surface area contributed by atoms with Crippen LogP contribution in [0.1, 0.15) is 42.7 Å². The molecule has 0 saturated carbocycles. The van der Waals surface area contributed by atoms with Crippen LogP contribution in [-0.4, -0.2) is 57.5 Å². The molecule has 0 spiro atoms. The maximum absolute atomic E-state index is 11.0. The molecule has 27 heavy (non-hydrogen) atoms. The molecule has 2 heterocycles. The fourth-order valence-corrected chi connectivity index (χ4v) is 1.95. The molecule has 0 unspecified atom stereocenters. The number of halogens is 1. The summed E-state index contributed by atoms with van der Waals surface area (Å²) in [5.74, 6) is -1.61. The Hall–Kier alpha value is -2.61. The summed E-state index contributed by atoms with van der Waals surface area (Å²) in [4.78, 5) is 67.1. The van der Waals surface area contributed by atoms with E-state index in [1.54, 1.807) is 6.92 Å². The van der Waals surface area contributed by atoms with Gasteiger partial charge in [-0.3, -0.25) is 38.6 Å². The number of rotatable bonds is 7. The third-order valence-electron chi connectivity index (χ3n) is 3.23. The van der Waals surface area contributed by atoms with Gasteiger partial charge in [0, 0.05) is 59.4 Å². The maximum Gasteiger partial charge on any atom is 0.253 e. The summed E-state index contributed by atoms with van der Waals surface area (Å²) in [7, 11) is 0. The van der Waals surface area contributed by atoms with Gasteiger partial charge in [0.05, 0.1) is 0 Å². The Labute approximate surface area is 165 Å². The van der Waals surface area contributed by atoms with Crippen LogP contribution in [0.2, 0.25) is 0 Å². The molecule has 2 aliphatic rings. The van der Waals surface area contributed by atoms with Crippen molar-refractivity contribution >= 4 is 46.3 Å². The third-order valence-corrected chi connectivity index (χ3v) is 3.42. The van der Waals surface area contributed by atoms with E-state index in [0.717, 1.165) is 9.80 Å². The van der Waals surface area contributed by atoms with Crippen LogP contribution < -0.4 is 0 Å². The molecule has 9 heteroatoms. The lowest BCUT2D eigenvalue weighted by Crippen LogP contribution is -2.31. The minimum absolute atomic E-state index is 0.000710. The summed E-state index contributed by atoms with van der Waals surface area (Å²) in [6.07, 6.45) is 5.05. The van der Waals surface area contributed by atoms with Gasteiger partial charge in [0.25, 0.3) is 23.6 Å². The molecule has 8 nitrogen and oxygen atoms in total. The van der Waals surface area contributed by atoms with E-state index in [-0.39, 0.29) is 56.8 Å². The van der Waals surface area contributed by atoms with Gasteiger partial charge in [-0.1, -0.05) is 20.7 Å². The van der Waals surface area contributed by atoms with E-state index in [1.165, 1.54) is 24.3 Å². The molecule has 0 fully saturated rings. The summed E-state index contributed by atoms with van der Waals surface area (Å²) < 4.78 is 13.0. The SMILES string of the molecule is O=C(Cl)CCN1C(=O)C=CC1=O.[2H]CC.[2H]CCC(=O)CCN1C(=O)C=CC1=O. The topological polar surface area (TPSA) is 109 Å². The normalized spacial score (nSPS) is 15.8. The van der Waals surface area contributed by atoms with Gasteiger partial charge in [-0.2, -0.15) is 0 Å². The van der Waals surface area contributed by atoms with Crippen molar-refractivity contribution in [2.24, 2.45) is 0 Å². The molecule has 0 atom stereocenters. The van der Waals surface area contributed by atoms with Gasteiger partial charge in [0.15, 0.2) is 0 Å². The van der Waals surface area contributed by atoms with Gasteiger partial charge >= 0.3 is 0 Å². The number of hydrogen-bond donors (Lipinski definition) is 0. The van der Waals surface area contributed by atoms with Gasteiger partial charge in [-0.25, -0.2) is 0 Å². The zero-order valence-corrected chi connectivity index (χ0v) is 15.7. The van der Waals surface area contributed by atoms with Crippen LogP contribution >= 0.6 is 11.6 Å². The highest BCUT2D eigenvalue weighted by atomic mass is 35.5. The summed E-state index contributed by atoms with van der Waals surface area (Å²) in [6, 6.07) is 0. The predicted octanol–water partition coefficient (Wildman–Crippen LogP) is 1.37. The highest BCUT2D eigenvalue weighted by Crippen LogP contribution is 2.05. The van der Waals surface area contributed by atoms with Crippen molar-refractivity contribution in [3.63, 3.8) is 0 Å². The molecule has 4 amide bonds. The minimum Gasteiger partial charge on any atom is -0.300 e. The standard InChI is InChI=1S/C9H11NO3.C7H6ClNO3.C2H6/c1-2-7(11)5-6-10-8(12)3-4-9(10)13;8-5(10)3-4-9-6(11)1-2-7(9)12;1-2/h3-4H,2,5-6H2,1H3;1-2H,3-4H2;1-2H3/i1D;;1D. The first-order valence-corrected chi connectivity index (χ1v) is 8.41. The van der Waals surface area contributed by atoms with Crippen LogP contribution in [0.25, 0.3) is 0 Å². The van der Waals surface area contributed by atoms with Crippen molar-refractivity contribution in [2.75, 3.05) is 13.1 Å². The van der Waals surface area contributed by atoms with Crippen LogP contribution in [0.5, 0.6) is 0 Å². The van der Waals surface area contributed by atoms with Gasteiger partial charge in [0.1, 0.15) is 5.78 Å². The Morgan fingerprint density at radius 2 is 1.26 bits per heavy atom. The molecule has 0 aromatic carbocycles. The highest BCUT2D eigenvalue weighted by Gasteiger charge is 2.23. The van der Waals surface area contributed by atoms with Gasteiger partial charge in [0.2, 0.25) is 5.24 Å². The predicted molar refractivity (Wildman–Crippen MR) is 98.5 cm³/mol. The number of hydrogen-bond acceptors (Lipinski definition) is 6. The fraction of sp³-hybridized carbons (Fsp3) is 0.444. The number of carbonyl (C=O) groups is 6. The van der Waals surface area contributed by atoms with Crippen molar-refractivity contribution in [3.05, 3.63) is 24.3 Å². The summed E-state index contributed by atoms with van der Waals surface area (Å²) in [6.45, 7) is 2.54. The molecule has 2 aliphatic heterocycles.